The number of rotatable bonds is 6. The maximum atomic E-state index is 12.5. The summed E-state index contributed by atoms with van der Waals surface area (Å²) in [5, 5.41) is 3.22. The average molecular weight is 382 g/mol. The number of sulfonamides is 1. The van der Waals surface area contributed by atoms with Gasteiger partial charge in [-0.1, -0.05) is 44.2 Å². The van der Waals surface area contributed by atoms with E-state index >= 15 is 0 Å². The van der Waals surface area contributed by atoms with Gasteiger partial charge in [-0.3, -0.25) is 4.72 Å². The normalized spacial score (nSPS) is 11.4. The Balaban J connectivity index is 1.72. The van der Waals surface area contributed by atoms with Crippen LogP contribution in [0, 0.1) is 6.92 Å². The van der Waals surface area contributed by atoms with E-state index in [9.17, 15) is 8.42 Å². The van der Waals surface area contributed by atoms with Crippen molar-refractivity contribution in [3.63, 3.8) is 0 Å². The minimum absolute atomic E-state index is 0.231. The number of hydrogen-bond donors (Lipinski definition) is 2. The van der Waals surface area contributed by atoms with Crippen LogP contribution in [0.4, 0.5) is 17.2 Å². The molecule has 1 aromatic heterocycles. The fraction of sp³-hybridized carbons (Fsp3) is 0.190. The highest BCUT2D eigenvalue weighted by molar-refractivity contribution is 7.92. The van der Waals surface area contributed by atoms with Crippen LogP contribution in [0.25, 0.3) is 0 Å². The summed E-state index contributed by atoms with van der Waals surface area (Å²) < 4.78 is 27.7. The van der Waals surface area contributed by atoms with Crippen LogP contribution in [0.15, 0.2) is 71.8 Å². The molecule has 0 spiro atoms. The van der Waals surface area contributed by atoms with E-state index < -0.39 is 10.0 Å². The van der Waals surface area contributed by atoms with E-state index in [1.54, 1.807) is 24.3 Å². The minimum atomic E-state index is -3.64. The molecule has 0 aliphatic heterocycles. The Kier molecular flexibility index (Phi) is 5.46. The van der Waals surface area contributed by atoms with Gasteiger partial charge in [-0.25, -0.2) is 13.4 Å². The first-order chi connectivity index (χ1) is 12.8. The maximum absolute atomic E-state index is 12.5. The van der Waals surface area contributed by atoms with Gasteiger partial charge in [0, 0.05) is 5.69 Å². The summed E-state index contributed by atoms with van der Waals surface area (Å²) in [6.07, 6.45) is 1.50. The van der Waals surface area contributed by atoms with Gasteiger partial charge in [0.2, 0.25) is 0 Å². The summed E-state index contributed by atoms with van der Waals surface area (Å²) in [4.78, 5) is 4.52. The molecule has 6 heteroatoms. The van der Waals surface area contributed by atoms with Gasteiger partial charge in [-0.2, -0.15) is 0 Å². The maximum Gasteiger partial charge on any atom is 0.261 e. The Bertz CT molecular complexity index is 1010. The number of hydrogen-bond acceptors (Lipinski definition) is 4. The average Bonchev–Trinajstić information content (AvgIpc) is 2.65. The first-order valence-corrected chi connectivity index (χ1v) is 10.2. The van der Waals surface area contributed by atoms with Crippen molar-refractivity contribution in [1.29, 1.82) is 0 Å². The molecule has 5 nitrogen and oxygen atoms in total. The second kappa shape index (κ2) is 7.80. The summed E-state index contributed by atoms with van der Waals surface area (Å²) >= 11 is 0. The van der Waals surface area contributed by atoms with Crippen LogP contribution in [0.3, 0.4) is 0 Å². The number of anilines is 3. The molecule has 0 radical (unpaired) electrons. The van der Waals surface area contributed by atoms with Gasteiger partial charge >= 0.3 is 0 Å². The summed E-state index contributed by atoms with van der Waals surface area (Å²) in [6.45, 7) is 6.15. The first kappa shape index (κ1) is 18.9. The van der Waals surface area contributed by atoms with Crippen molar-refractivity contribution in [2.24, 2.45) is 0 Å². The number of aromatic nitrogens is 1. The predicted octanol–water partition coefficient (Wildman–Crippen LogP) is 5.06. The molecule has 0 aliphatic rings. The molecule has 0 atom stereocenters. The van der Waals surface area contributed by atoms with E-state index in [1.807, 2.05) is 43.3 Å². The van der Waals surface area contributed by atoms with Crippen LogP contribution < -0.4 is 10.0 Å². The molecular formula is C21H23N3O2S. The molecule has 0 saturated carbocycles. The van der Waals surface area contributed by atoms with Crippen molar-refractivity contribution >= 4 is 27.2 Å². The third kappa shape index (κ3) is 4.65. The van der Waals surface area contributed by atoms with Crippen LogP contribution in [0.1, 0.15) is 30.9 Å². The van der Waals surface area contributed by atoms with E-state index in [1.165, 1.54) is 6.20 Å². The fourth-order valence-corrected chi connectivity index (χ4v) is 3.67. The molecule has 0 saturated heterocycles. The zero-order valence-corrected chi connectivity index (χ0v) is 16.4. The second-order valence-electron chi connectivity index (χ2n) is 6.70. The molecule has 0 amide bonds. The third-order valence-electron chi connectivity index (χ3n) is 4.28. The van der Waals surface area contributed by atoms with Crippen molar-refractivity contribution in [3.05, 3.63) is 78.0 Å². The Morgan fingerprint density at radius 2 is 1.63 bits per heavy atom. The lowest BCUT2D eigenvalue weighted by atomic mass is 10.0. The smallest absolute Gasteiger partial charge is 0.261 e. The SMILES string of the molecule is Cc1ccccc1Nc1ccc(NS(=O)(=O)c2ccc(C(C)C)cc2)cn1. The number of para-hydroxylation sites is 1. The molecule has 27 heavy (non-hydrogen) atoms. The zero-order valence-electron chi connectivity index (χ0n) is 15.6. The van der Waals surface area contributed by atoms with Gasteiger partial charge in [0.05, 0.1) is 16.8 Å². The summed E-state index contributed by atoms with van der Waals surface area (Å²) in [5.74, 6) is 1.00. The van der Waals surface area contributed by atoms with E-state index in [-0.39, 0.29) is 4.90 Å². The summed E-state index contributed by atoms with van der Waals surface area (Å²) in [6, 6.07) is 18.3. The van der Waals surface area contributed by atoms with Gasteiger partial charge in [-0.05, 0) is 54.3 Å². The second-order valence-corrected chi connectivity index (χ2v) is 8.38. The van der Waals surface area contributed by atoms with Gasteiger partial charge in [0.25, 0.3) is 10.0 Å². The lowest BCUT2D eigenvalue weighted by molar-refractivity contribution is 0.601. The molecule has 1 heterocycles. The quantitative estimate of drug-likeness (QED) is 0.626. The molecule has 140 valence electrons. The van der Waals surface area contributed by atoms with Gasteiger partial charge in [0.1, 0.15) is 5.82 Å². The molecule has 3 rings (SSSR count). The van der Waals surface area contributed by atoms with E-state index in [0.29, 0.717) is 17.4 Å². The fourth-order valence-electron chi connectivity index (χ4n) is 2.63. The lowest BCUT2D eigenvalue weighted by Crippen LogP contribution is -2.13. The molecule has 2 N–H and O–H groups in total. The largest absolute Gasteiger partial charge is 0.340 e. The van der Waals surface area contributed by atoms with Crippen molar-refractivity contribution in [2.45, 2.75) is 31.6 Å². The number of nitrogens with zero attached hydrogens (tertiary/aromatic N) is 1. The van der Waals surface area contributed by atoms with Crippen molar-refractivity contribution < 1.29 is 8.42 Å². The molecule has 0 fully saturated rings. The highest BCUT2D eigenvalue weighted by Crippen LogP contribution is 2.22. The van der Waals surface area contributed by atoms with Gasteiger partial charge in [0.15, 0.2) is 0 Å². The van der Waals surface area contributed by atoms with E-state index in [2.05, 4.69) is 28.9 Å². The minimum Gasteiger partial charge on any atom is -0.340 e. The zero-order chi connectivity index (χ0) is 19.4. The molecule has 3 aromatic rings. The Morgan fingerprint density at radius 3 is 2.22 bits per heavy atom. The van der Waals surface area contributed by atoms with Crippen molar-refractivity contribution in [1.82, 2.24) is 4.98 Å². The Labute approximate surface area is 160 Å². The van der Waals surface area contributed by atoms with Crippen LogP contribution in [0.2, 0.25) is 0 Å². The Morgan fingerprint density at radius 1 is 0.926 bits per heavy atom. The van der Waals surface area contributed by atoms with Crippen molar-refractivity contribution in [3.8, 4) is 0 Å². The molecule has 0 unspecified atom stereocenters. The lowest BCUT2D eigenvalue weighted by Gasteiger charge is -2.11. The van der Waals surface area contributed by atoms with Crippen LogP contribution >= 0.6 is 0 Å². The monoisotopic (exact) mass is 381 g/mol. The number of benzene rings is 2. The third-order valence-corrected chi connectivity index (χ3v) is 5.68. The highest BCUT2D eigenvalue weighted by atomic mass is 32.2. The first-order valence-electron chi connectivity index (χ1n) is 8.76. The number of pyridine rings is 1. The topological polar surface area (TPSA) is 71.1 Å². The number of nitrogens with one attached hydrogen (secondary N) is 2. The molecule has 2 aromatic carbocycles. The van der Waals surface area contributed by atoms with Crippen molar-refractivity contribution in [2.75, 3.05) is 10.0 Å². The van der Waals surface area contributed by atoms with Crippen LogP contribution in [0.5, 0.6) is 0 Å². The van der Waals surface area contributed by atoms with Gasteiger partial charge < -0.3 is 5.32 Å². The van der Waals surface area contributed by atoms with E-state index in [4.69, 9.17) is 0 Å². The highest BCUT2D eigenvalue weighted by Gasteiger charge is 2.14. The van der Waals surface area contributed by atoms with E-state index in [0.717, 1.165) is 16.8 Å². The summed E-state index contributed by atoms with van der Waals surface area (Å²) in [7, 11) is -3.64. The van der Waals surface area contributed by atoms with Crippen LogP contribution in [-0.2, 0) is 10.0 Å². The standard InChI is InChI=1S/C21H23N3O2S/c1-15(2)17-8-11-19(12-9-17)27(25,26)24-18-10-13-21(22-14-18)23-20-7-5-4-6-16(20)3/h4-15,24H,1-3H3,(H,22,23). The predicted molar refractivity (Wildman–Crippen MR) is 110 cm³/mol. The molecule has 0 aliphatic carbocycles. The summed E-state index contributed by atoms with van der Waals surface area (Å²) in [5.41, 5.74) is 3.58. The Hall–Kier alpha value is -2.86. The molecular weight excluding hydrogens is 358 g/mol. The molecule has 0 bridgehead atoms. The van der Waals surface area contributed by atoms with Crippen LogP contribution in [-0.4, -0.2) is 13.4 Å². The number of aryl methyl sites for hydroxylation is 1. The van der Waals surface area contributed by atoms with Gasteiger partial charge in [-0.15, -0.1) is 0 Å².